The van der Waals surface area contributed by atoms with Crippen molar-refractivity contribution in [3.63, 3.8) is 0 Å². The van der Waals surface area contributed by atoms with E-state index in [1.54, 1.807) is 14.2 Å². The number of methoxy groups -OCH3 is 2. The minimum absolute atomic E-state index is 0.0121. The summed E-state index contributed by atoms with van der Waals surface area (Å²) in [6.07, 6.45) is 2.06. The summed E-state index contributed by atoms with van der Waals surface area (Å²) in [6, 6.07) is 14.7. The van der Waals surface area contributed by atoms with Crippen molar-refractivity contribution in [3.05, 3.63) is 58.4 Å². The van der Waals surface area contributed by atoms with Crippen LogP contribution in [0.25, 0.3) is 9.65 Å². The molecule has 0 atom stereocenters. The summed E-state index contributed by atoms with van der Waals surface area (Å²) in [6.45, 7) is 3.05. The van der Waals surface area contributed by atoms with Crippen molar-refractivity contribution in [2.75, 3.05) is 27.3 Å². The standard InChI is InChI=1S/C21H24N2O3Se/c1-25-18-12-17-20(13-19(18)26-2)27-23(21(17)24)16-8-10-22(11-9-16)14-15-6-4-3-5-7-15/h3-7,12-13,16H,8-11,14H2,1-2H3. The summed E-state index contributed by atoms with van der Waals surface area (Å²) in [5, 5.41) is 0.777. The van der Waals surface area contributed by atoms with Gasteiger partial charge >= 0.3 is 165 Å². The van der Waals surface area contributed by atoms with E-state index >= 15 is 0 Å². The molecule has 4 rings (SSSR count). The van der Waals surface area contributed by atoms with Crippen molar-refractivity contribution >= 4 is 24.4 Å². The maximum absolute atomic E-state index is 13.0. The summed E-state index contributed by atoms with van der Waals surface area (Å²) in [5.74, 6) is 1.32. The summed E-state index contributed by atoms with van der Waals surface area (Å²) in [5.41, 5.74) is 1.50. The molecule has 0 N–H and O–H groups in total. The van der Waals surface area contributed by atoms with E-state index in [4.69, 9.17) is 9.47 Å². The average molecular weight is 431 g/mol. The molecular weight excluding hydrogens is 407 g/mol. The number of aromatic nitrogens is 1. The number of benzene rings is 2. The topological polar surface area (TPSA) is 43.7 Å². The van der Waals surface area contributed by atoms with E-state index in [0.29, 0.717) is 17.5 Å². The van der Waals surface area contributed by atoms with Gasteiger partial charge in [0.25, 0.3) is 0 Å². The van der Waals surface area contributed by atoms with E-state index in [1.165, 1.54) is 5.56 Å². The molecule has 0 radical (unpaired) electrons. The number of fused-ring (bicyclic) bond motifs is 1. The predicted molar refractivity (Wildman–Crippen MR) is 108 cm³/mol. The second-order valence-corrected chi connectivity index (χ2v) is 9.05. The fourth-order valence-corrected chi connectivity index (χ4v) is 6.19. The van der Waals surface area contributed by atoms with Gasteiger partial charge in [0, 0.05) is 0 Å². The molecule has 0 spiro atoms. The summed E-state index contributed by atoms with van der Waals surface area (Å²) in [4.78, 5) is 15.5. The van der Waals surface area contributed by atoms with Gasteiger partial charge in [0.2, 0.25) is 0 Å². The van der Waals surface area contributed by atoms with E-state index in [0.717, 1.165) is 42.1 Å². The second-order valence-electron chi connectivity index (χ2n) is 6.92. The number of rotatable bonds is 5. The van der Waals surface area contributed by atoms with Crippen LogP contribution in [-0.4, -0.2) is 50.5 Å². The Kier molecular flexibility index (Phi) is 5.39. The van der Waals surface area contributed by atoms with Crippen molar-refractivity contribution in [1.29, 1.82) is 0 Å². The number of likely N-dealkylation sites (tertiary alicyclic amines) is 1. The minimum atomic E-state index is 0.0121. The molecule has 1 aliphatic rings. The third-order valence-electron chi connectivity index (χ3n) is 5.25. The quantitative estimate of drug-likeness (QED) is 0.583. The molecule has 0 aliphatic carbocycles. The molecule has 0 bridgehead atoms. The molecule has 2 heterocycles. The Morgan fingerprint density at radius 1 is 1.04 bits per heavy atom. The summed E-state index contributed by atoms with van der Waals surface area (Å²) < 4.78 is 14.0. The van der Waals surface area contributed by atoms with Crippen molar-refractivity contribution in [2.24, 2.45) is 0 Å². The Morgan fingerprint density at radius 2 is 1.70 bits per heavy atom. The predicted octanol–water partition coefficient (Wildman–Crippen LogP) is 2.91. The molecule has 2 aromatic carbocycles. The Morgan fingerprint density at radius 3 is 2.37 bits per heavy atom. The van der Waals surface area contributed by atoms with Crippen LogP contribution in [0.3, 0.4) is 0 Å². The van der Waals surface area contributed by atoms with Crippen molar-refractivity contribution in [3.8, 4) is 11.5 Å². The fourth-order valence-electron chi connectivity index (χ4n) is 3.76. The fraction of sp³-hybridized carbons (Fsp3) is 0.381. The van der Waals surface area contributed by atoms with Crippen LogP contribution in [0.1, 0.15) is 24.4 Å². The first-order chi connectivity index (χ1) is 13.2. The van der Waals surface area contributed by atoms with Crippen molar-refractivity contribution in [1.82, 2.24) is 8.46 Å². The third-order valence-corrected chi connectivity index (χ3v) is 7.76. The van der Waals surface area contributed by atoms with Gasteiger partial charge in [-0.1, -0.05) is 0 Å². The van der Waals surface area contributed by atoms with Gasteiger partial charge in [0.15, 0.2) is 0 Å². The molecular formula is C21H24N2O3Se. The van der Waals surface area contributed by atoms with Crippen molar-refractivity contribution in [2.45, 2.75) is 25.4 Å². The first kappa shape index (κ1) is 18.4. The molecule has 142 valence electrons. The second kappa shape index (κ2) is 7.93. The zero-order valence-corrected chi connectivity index (χ0v) is 17.4. The van der Waals surface area contributed by atoms with Crippen molar-refractivity contribution < 1.29 is 9.47 Å². The molecule has 5 nitrogen and oxygen atoms in total. The number of piperidine rings is 1. The monoisotopic (exact) mass is 432 g/mol. The van der Waals surface area contributed by atoms with E-state index in [9.17, 15) is 4.79 Å². The zero-order valence-electron chi connectivity index (χ0n) is 15.7. The van der Waals surface area contributed by atoms with Gasteiger partial charge in [-0.05, 0) is 0 Å². The van der Waals surface area contributed by atoms with E-state index in [2.05, 4.69) is 38.8 Å². The normalized spacial score (nSPS) is 15.9. The Hall–Kier alpha value is -2.01. The number of ether oxygens (including phenoxy) is 2. The molecule has 0 amide bonds. The van der Waals surface area contributed by atoms with Crippen LogP contribution in [0.15, 0.2) is 47.3 Å². The van der Waals surface area contributed by atoms with Gasteiger partial charge < -0.3 is 0 Å². The van der Waals surface area contributed by atoms with Gasteiger partial charge in [0.1, 0.15) is 0 Å². The maximum atomic E-state index is 13.0. The van der Waals surface area contributed by atoms with E-state index in [-0.39, 0.29) is 20.3 Å². The molecule has 1 aromatic heterocycles. The molecule has 1 aliphatic heterocycles. The number of nitrogens with zero attached hydrogens (tertiary/aromatic N) is 2. The molecule has 0 unspecified atom stereocenters. The van der Waals surface area contributed by atoms with Gasteiger partial charge in [-0.2, -0.15) is 0 Å². The van der Waals surface area contributed by atoms with Crippen LogP contribution >= 0.6 is 0 Å². The third kappa shape index (κ3) is 3.70. The molecule has 0 saturated carbocycles. The molecule has 3 aromatic rings. The Bertz CT molecular complexity index is 972. The Labute approximate surface area is 165 Å². The van der Waals surface area contributed by atoms with Crippen LogP contribution in [0.5, 0.6) is 11.5 Å². The molecule has 1 fully saturated rings. The molecule has 1 saturated heterocycles. The van der Waals surface area contributed by atoms with E-state index < -0.39 is 0 Å². The van der Waals surface area contributed by atoms with Crippen LogP contribution in [0, 0.1) is 0 Å². The summed E-state index contributed by atoms with van der Waals surface area (Å²) >= 11 is 0.0121. The Balaban J connectivity index is 1.52. The van der Waals surface area contributed by atoms with Crippen LogP contribution in [0.4, 0.5) is 0 Å². The SMILES string of the molecule is COc1cc2[se]n(C3CCN(Cc4ccccc4)CC3)c(=O)c2cc1OC. The van der Waals surface area contributed by atoms with Gasteiger partial charge in [-0.3, -0.25) is 0 Å². The first-order valence-corrected chi connectivity index (χ1v) is 10.9. The van der Waals surface area contributed by atoms with Crippen LogP contribution < -0.4 is 15.0 Å². The van der Waals surface area contributed by atoms with Gasteiger partial charge in [-0.15, -0.1) is 0 Å². The van der Waals surface area contributed by atoms with Crippen LogP contribution in [-0.2, 0) is 6.54 Å². The van der Waals surface area contributed by atoms with Gasteiger partial charge in [-0.25, -0.2) is 0 Å². The number of hydrogen-bond acceptors (Lipinski definition) is 4. The first-order valence-electron chi connectivity index (χ1n) is 9.23. The number of hydrogen-bond donors (Lipinski definition) is 0. The zero-order chi connectivity index (χ0) is 18.8. The van der Waals surface area contributed by atoms with E-state index in [1.807, 2.05) is 12.1 Å². The molecule has 27 heavy (non-hydrogen) atoms. The van der Waals surface area contributed by atoms with Crippen LogP contribution in [0.2, 0.25) is 0 Å². The summed E-state index contributed by atoms with van der Waals surface area (Å²) in [7, 11) is 3.24. The average Bonchev–Trinajstić information content (AvgIpc) is 3.04. The van der Waals surface area contributed by atoms with Gasteiger partial charge in [0.05, 0.1) is 0 Å². The molecule has 6 heteroatoms.